The van der Waals surface area contributed by atoms with Crippen molar-refractivity contribution in [2.45, 2.75) is 31.1 Å². The fraction of sp³-hybridized carbons (Fsp3) is 0.360. The average Bonchev–Trinajstić information content (AvgIpc) is 2.82. The van der Waals surface area contributed by atoms with E-state index >= 15 is 0 Å². The third-order valence-electron chi connectivity index (χ3n) is 6.23. The predicted octanol–water partition coefficient (Wildman–Crippen LogP) is 3.73. The van der Waals surface area contributed by atoms with Gasteiger partial charge in [0.25, 0.3) is 0 Å². The van der Waals surface area contributed by atoms with E-state index in [1.54, 1.807) is 34.5 Å². The molecule has 1 heterocycles. The molecule has 0 saturated heterocycles. The summed E-state index contributed by atoms with van der Waals surface area (Å²) in [5, 5.41) is 2.96. The second-order valence-corrected chi connectivity index (χ2v) is 7.95. The van der Waals surface area contributed by atoms with E-state index in [1.807, 2.05) is 30.3 Å². The normalized spacial score (nSPS) is 20.4. The molecule has 2 atom stereocenters. The van der Waals surface area contributed by atoms with Crippen molar-refractivity contribution in [1.82, 2.24) is 5.32 Å². The fourth-order valence-electron chi connectivity index (χ4n) is 4.67. The zero-order valence-corrected chi connectivity index (χ0v) is 18.7. The summed E-state index contributed by atoms with van der Waals surface area (Å²) in [5.74, 6) is 2.04. The van der Waals surface area contributed by atoms with Crippen LogP contribution in [0.4, 0.5) is 0 Å². The Labute approximate surface area is 187 Å². The molecule has 7 nitrogen and oxygen atoms in total. The summed E-state index contributed by atoms with van der Waals surface area (Å²) in [4.78, 5) is 26.0. The van der Waals surface area contributed by atoms with Crippen LogP contribution >= 0.6 is 0 Å². The van der Waals surface area contributed by atoms with Gasteiger partial charge in [-0.05, 0) is 36.1 Å². The van der Waals surface area contributed by atoms with Crippen LogP contribution < -0.4 is 24.3 Å². The number of nitrogens with one attached hydrogen (secondary N) is 1. The van der Waals surface area contributed by atoms with E-state index in [9.17, 15) is 9.59 Å². The number of ether oxygens (including phenoxy) is 4. The summed E-state index contributed by atoms with van der Waals surface area (Å²) in [6, 6.07) is 11.2. The standard InChI is InChI=1S/C25H27NO6/c1-29-16-6-7-17(22(12-16)31-3)18-13-24(28)26-19-9-15(10-20(27)25(18)19)14-5-8-21(30-2)23(11-14)32-4/h5-8,11-12,15,18H,9-10,13H2,1-4H3,(H,26,28). The Kier molecular flexibility index (Phi) is 6.08. The second-order valence-electron chi connectivity index (χ2n) is 7.95. The molecule has 0 radical (unpaired) electrons. The molecule has 0 bridgehead atoms. The molecule has 2 unspecified atom stereocenters. The summed E-state index contributed by atoms with van der Waals surface area (Å²) in [6.45, 7) is 0. The van der Waals surface area contributed by atoms with Crippen molar-refractivity contribution in [3.63, 3.8) is 0 Å². The molecule has 168 valence electrons. The first kappa shape index (κ1) is 21.7. The van der Waals surface area contributed by atoms with Crippen LogP contribution in [0, 0.1) is 0 Å². The molecule has 1 N–H and O–H groups in total. The van der Waals surface area contributed by atoms with Gasteiger partial charge in [0.2, 0.25) is 5.91 Å². The molecule has 0 aromatic heterocycles. The maximum atomic E-state index is 13.4. The largest absolute Gasteiger partial charge is 0.497 e. The molecule has 32 heavy (non-hydrogen) atoms. The van der Waals surface area contributed by atoms with E-state index in [2.05, 4.69) is 5.32 Å². The molecule has 0 fully saturated rings. The molecule has 0 saturated carbocycles. The third-order valence-corrected chi connectivity index (χ3v) is 6.23. The Hall–Kier alpha value is -3.48. The summed E-state index contributed by atoms with van der Waals surface area (Å²) < 4.78 is 21.6. The Bertz CT molecular complexity index is 1090. The Morgan fingerprint density at radius 3 is 2.22 bits per heavy atom. The predicted molar refractivity (Wildman–Crippen MR) is 119 cm³/mol. The number of Topliss-reactive ketones (excluding diaryl/α,β-unsaturated/α-hetero) is 1. The van der Waals surface area contributed by atoms with Crippen molar-refractivity contribution in [2.24, 2.45) is 0 Å². The molecule has 0 spiro atoms. The zero-order chi connectivity index (χ0) is 22.8. The summed E-state index contributed by atoms with van der Waals surface area (Å²) in [7, 11) is 6.33. The molecule has 2 aromatic carbocycles. The van der Waals surface area contributed by atoms with Crippen LogP contribution in [-0.4, -0.2) is 40.1 Å². The quantitative estimate of drug-likeness (QED) is 0.742. The van der Waals surface area contributed by atoms with E-state index in [1.165, 1.54) is 0 Å². The van der Waals surface area contributed by atoms with Crippen LogP contribution in [0.15, 0.2) is 47.7 Å². The molecule has 1 amide bonds. The highest BCUT2D eigenvalue weighted by atomic mass is 16.5. The Balaban J connectivity index is 1.71. The molecule has 1 aliphatic heterocycles. The van der Waals surface area contributed by atoms with Crippen molar-refractivity contribution < 1.29 is 28.5 Å². The monoisotopic (exact) mass is 437 g/mol. The van der Waals surface area contributed by atoms with E-state index in [0.717, 1.165) is 11.1 Å². The van der Waals surface area contributed by atoms with Crippen LogP contribution in [0.25, 0.3) is 0 Å². The van der Waals surface area contributed by atoms with E-state index in [0.29, 0.717) is 47.1 Å². The number of rotatable bonds is 6. The highest BCUT2D eigenvalue weighted by Crippen LogP contribution is 2.46. The Morgan fingerprint density at radius 2 is 1.53 bits per heavy atom. The molecule has 7 heteroatoms. The van der Waals surface area contributed by atoms with Gasteiger partial charge in [0.15, 0.2) is 17.3 Å². The second kappa shape index (κ2) is 8.94. The maximum Gasteiger partial charge on any atom is 0.225 e. The lowest BCUT2D eigenvalue weighted by molar-refractivity contribution is -0.122. The number of methoxy groups -OCH3 is 4. The van der Waals surface area contributed by atoms with Crippen molar-refractivity contribution in [3.05, 3.63) is 58.8 Å². The van der Waals surface area contributed by atoms with Gasteiger partial charge in [0, 0.05) is 41.7 Å². The number of hydrogen-bond donors (Lipinski definition) is 1. The van der Waals surface area contributed by atoms with Gasteiger partial charge in [-0.2, -0.15) is 0 Å². The zero-order valence-electron chi connectivity index (χ0n) is 18.7. The van der Waals surface area contributed by atoms with Crippen molar-refractivity contribution in [2.75, 3.05) is 28.4 Å². The van der Waals surface area contributed by atoms with Gasteiger partial charge in [-0.1, -0.05) is 12.1 Å². The van der Waals surface area contributed by atoms with Crippen molar-refractivity contribution in [3.8, 4) is 23.0 Å². The maximum absolute atomic E-state index is 13.4. The van der Waals surface area contributed by atoms with Gasteiger partial charge in [-0.25, -0.2) is 0 Å². The summed E-state index contributed by atoms with van der Waals surface area (Å²) >= 11 is 0. The van der Waals surface area contributed by atoms with Crippen molar-refractivity contribution in [1.29, 1.82) is 0 Å². The Morgan fingerprint density at radius 1 is 0.781 bits per heavy atom. The smallest absolute Gasteiger partial charge is 0.225 e. The van der Waals surface area contributed by atoms with Gasteiger partial charge in [-0.3, -0.25) is 9.59 Å². The first-order valence-corrected chi connectivity index (χ1v) is 10.5. The number of amides is 1. The van der Waals surface area contributed by atoms with Gasteiger partial charge >= 0.3 is 0 Å². The van der Waals surface area contributed by atoms with Crippen LogP contribution in [0.1, 0.15) is 42.2 Å². The van der Waals surface area contributed by atoms with Gasteiger partial charge in [0.1, 0.15) is 11.5 Å². The molecule has 1 aliphatic carbocycles. The van der Waals surface area contributed by atoms with Gasteiger partial charge in [-0.15, -0.1) is 0 Å². The average molecular weight is 437 g/mol. The van der Waals surface area contributed by atoms with E-state index in [-0.39, 0.29) is 29.9 Å². The number of allylic oxidation sites excluding steroid dienone is 2. The number of benzene rings is 2. The van der Waals surface area contributed by atoms with Crippen LogP contribution in [0.5, 0.6) is 23.0 Å². The van der Waals surface area contributed by atoms with E-state index < -0.39 is 0 Å². The van der Waals surface area contributed by atoms with Crippen LogP contribution in [0.2, 0.25) is 0 Å². The molecule has 2 aromatic rings. The summed E-state index contributed by atoms with van der Waals surface area (Å²) in [6.07, 6.45) is 1.13. The first-order chi connectivity index (χ1) is 15.5. The van der Waals surface area contributed by atoms with Crippen molar-refractivity contribution >= 4 is 11.7 Å². The molecular weight excluding hydrogens is 410 g/mol. The first-order valence-electron chi connectivity index (χ1n) is 10.5. The number of carbonyl (C=O) groups excluding carboxylic acids is 2. The van der Waals surface area contributed by atoms with Crippen LogP contribution in [0.3, 0.4) is 0 Å². The highest BCUT2D eigenvalue weighted by molar-refractivity contribution is 6.02. The minimum Gasteiger partial charge on any atom is -0.497 e. The number of hydrogen-bond acceptors (Lipinski definition) is 6. The fourth-order valence-corrected chi connectivity index (χ4v) is 4.67. The highest BCUT2D eigenvalue weighted by Gasteiger charge is 2.39. The minimum absolute atomic E-state index is 0.0360. The summed E-state index contributed by atoms with van der Waals surface area (Å²) in [5.41, 5.74) is 3.15. The molecular formula is C25H27NO6. The van der Waals surface area contributed by atoms with Gasteiger partial charge in [0.05, 0.1) is 28.4 Å². The lowest BCUT2D eigenvalue weighted by Crippen LogP contribution is -2.38. The van der Waals surface area contributed by atoms with Gasteiger partial charge < -0.3 is 24.3 Å². The SMILES string of the molecule is COc1ccc(C2CC(=O)NC3=C2C(=O)CC(c2ccc(OC)c(OC)c2)C3)c(OC)c1. The van der Waals surface area contributed by atoms with E-state index in [4.69, 9.17) is 18.9 Å². The third kappa shape index (κ3) is 3.90. The molecule has 2 aliphatic rings. The molecule has 4 rings (SSSR count). The topological polar surface area (TPSA) is 83.1 Å². The minimum atomic E-state index is -0.349. The lowest BCUT2D eigenvalue weighted by atomic mass is 9.73. The number of ketones is 1. The van der Waals surface area contributed by atoms with Crippen LogP contribution in [-0.2, 0) is 9.59 Å². The lowest BCUT2D eigenvalue weighted by Gasteiger charge is -2.35. The number of carbonyl (C=O) groups is 2.